The highest BCUT2D eigenvalue weighted by atomic mass is 32.2. The summed E-state index contributed by atoms with van der Waals surface area (Å²) in [5.74, 6) is -1.82. The minimum absolute atomic E-state index is 0.0546. The van der Waals surface area contributed by atoms with E-state index in [0.717, 1.165) is 23.0 Å². The number of nitrogens with one attached hydrogen (secondary N) is 2. The number of likely N-dealkylation sites (N-methyl/N-ethyl adjacent to an activating group) is 1. The van der Waals surface area contributed by atoms with Crippen molar-refractivity contribution in [1.82, 2.24) is 4.31 Å². The van der Waals surface area contributed by atoms with Crippen molar-refractivity contribution in [3.8, 4) is 0 Å². The van der Waals surface area contributed by atoms with Crippen molar-refractivity contribution in [2.24, 2.45) is 0 Å². The molecule has 0 aliphatic rings. The van der Waals surface area contributed by atoms with Crippen molar-refractivity contribution in [2.45, 2.75) is 18.0 Å². The van der Waals surface area contributed by atoms with Crippen LogP contribution in [0, 0.1) is 6.92 Å². The van der Waals surface area contributed by atoms with Gasteiger partial charge in [0, 0.05) is 12.7 Å². The first kappa shape index (κ1) is 25.0. The van der Waals surface area contributed by atoms with E-state index in [1.165, 1.54) is 36.6 Å². The summed E-state index contributed by atoms with van der Waals surface area (Å²) in [6.45, 7) is 1.06. The average Bonchev–Trinajstić information content (AvgIpc) is 3.29. The van der Waals surface area contributed by atoms with E-state index in [9.17, 15) is 31.2 Å². The molecule has 0 atom stereocenters. The Morgan fingerprint density at radius 2 is 1.71 bits per heavy atom. The molecule has 1 aromatic heterocycles. The van der Waals surface area contributed by atoms with Gasteiger partial charge < -0.3 is 15.1 Å². The third-order valence-electron chi connectivity index (χ3n) is 4.70. The van der Waals surface area contributed by atoms with Crippen LogP contribution in [0.15, 0.2) is 70.2 Å². The maximum atomic E-state index is 13.6. The molecule has 180 valence electrons. The lowest BCUT2D eigenvalue weighted by Gasteiger charge is -2.19. The number of carbonyl (C=O) groups is 2. The number of sulfonamides is 1. The molecule has 0 aliphatic heterocycles. The fourth-order valence-corrected chi connectivity index (χ4v) is 4.06. The first-order valence-corrected chi connectivity index (χ1v) is 11.2. The second-order valence-electron chi connectivity index (χ2n) is 7.31. The highest BCUT2D eigenvalue weighted by Gasteiger charge is 2.35. The Morgan fingerprint density at radius 3 is 2.29 bits per heavy atom. The SMILES string of the molecule is Cc1ccc(S(=O)(=O)N(C)CC(=O)Nc2ccc(NC(=O)c3ccco3)cc2C(F)(F)F)cc1. The van der Waals surface area contributed by atoms with Gasteiger partial charge in [-0.15, -0.1) is 0 Å². The number of benzene rings is 2. The maximum absolute atomic E-state index is 13.6. The smallest absolute Gasteiger partial charge is 0.418 e. The van der Waals surface area contributed by atoms with Gasteiger partial charge in [-0.05, 0) is 49.4 Å². The van der Waals surface area contributed by atoms with Gasteiger partial charge in [0.15, 0.2) is 5.76 Å². The highest BCUT2D eigenvalue weighted by Crippen LogP contribution is 2.36. The van der Waals surface area contributed by atoms with Crippen molar-refractivity contribution < 1.29 is 35.6 Å². The summed E-state index contributed by atoms with van der Waals surface area (Å²) >= 11 is 0. The fourth-order valence-electron chi connectivity index (χ4n) is 2.93. The summed E-state index contributed by atoms with van der Waals surface area (Å²) in [5.41, 5.74) is -1.15. The van der Waals surface area contributed by atoms with Crippen molar-refractivity contribution in [2.75, 3.05) is 24.2 Å². The topological polar surface area (TPSA) is 109 Å². The number of rotatable bonds is 7. The molecule has 0 spiro atoms. The van der Waals surface area contributed by atoms with Crippen LogP contribution >= 0.6 is 0 Å². The van der Waals surface area contributed by atoms with E-state index in [1.807, 2.05) is 0 Å². The van der Waals surface area contributed by atoms with Gasteiger partial charge in [0.1, 0.15) is 0 Å². The molecule has 1 heterocycles. The molecule has 0 aliphatic carbocycles. The number of anilines is 2. The van der Waals surface area contributed by atoms with Gasteiger partial charge >= 0.3 is 6.18 Å². The summed E-state index contributed by atoms with van der Waals surface area (Å²) < 4.78 is 71.7. The van der Waals surface area contributed by atoms with Crippen LogP contribution in [0.5, 0.6) is 0 Å². The van der Waals surface area contributed by atoms with E-state index in [-0.39, 0.29) is 16.3 Å². The standard InChI is InChI=1S/C22H20F3N3O5S/c1-14-5-8-16(9-6-14)34(31,32)28(2)13-20(29)27-18-10-7-15(12-17(18)22(23,24)25)26-21(30)19-4-3-11-33-19/h3-12H,13H2,1-2H3,(H,26,30)(H,27,29). The third-order valence-corrected chi connectivity index (χ3v) is 6.51. The van der Waals surface area contributed by atoms with Crippen LogP contribution < -0.4 is 10.6 Å². The molecular formula is C22H20F3N3O5S. The molecule has 2 amide bonds. The molecule has 0 unspecified atom stereocenters. The van der Waals surface area contributed by atoms with E-state index < -0.39 is 45.8 Å². The maximum Gasteiger partial charge on any atom is 0.418 e. The van der Waals surface area contributed by atoms with Crippen molar-refractivity contribution in [3.63, 3.8) is 0 Å². The van der Waals surface area contributed by atoms with Crippen molar-refractivity contribution in [3.05, 3.63) is 77.7 Å². The van der Waals surface area contributed by atoms with E-state index in [1.54, 1.807) is 19.1 Å². The Labute approximate surface area is 193 Å². The molecule has 0 saturated carbocycles. The molecular weight excluding hydrogens is 475 g/mol. The number of hydrogen-bond acceptors (Lipinski definition) is 5. The predicted molar refractivity (Wildman–Crippen MR) is 118 cm³/mol. The van der Waals surface area contributed by atoms with Crippen molar-refractivity contribution in [1.29, 1.82) is 0 Å². The summed E-state index contributed by atoms with van der Waals surface area (Å²) in [7, 11) is -2.88. The van der Waals surface area contributed by atoms with Crippen LogP contribution in [-0.4, -0.2) is 38.1 Å². The molecule has 2 aromatic carbocycles. The zero-order chi connectivity index (χ0) is 25.1. The Morgan fingerprint density at radius 1 is 1.03 bits per heavy atom. The number of alkyl halides is 3. The van der Waals surface area contributed by atoms with Gasteiger partial charge in [-0.1, -0.05) is 17.7 Å². The van der Waals surface area contributed by atoms with E-state index in [2.05, 4.69) is 10.6 Å². The largest absolute Gasteiger partial charge is 0.459 e. The predicted octanol–water partition coefficient (Wildman–Crippen LogP) is 4.12. The van der Waals surface area contributed by atoms with Gasteiger partial charge in [0.25, 0.3) is 5.91 Å². The van der Waals surface area contributed by atoms with Crippen LogP contribution in [0.1, 0.15) is 21.7 Å². The molecule has 34 heavy (non-hydrogen) atoms. The first-order chi connectivity index (χ1) is 15.9. The summed E-state index contributed by atoms with van der Waals surface area (Å²) in [6, 6.07) is 11.5. The summed E-state index contributed by atoms with van der Waals surface area (Å²) in [5, 5.41) is 4.37. The minimum atomic E-state index is -4.87. The lowest BCUT2D eigenvalue weighted by atomic mass is 10.1. The zero-order valence-electron chi connectivity index (χ0n) is 18.0. The average molecular weight is 495 g/mol. The Bertz CT molecular complexity index is 1290. The quantitative estimate of drug-likeness (QED) is 0.513. The number of nitrogens with zero attached hydrogens (tertiary/aromatic N) is 1. The van der Waals surface area contributed by atoms with E-state index in [4.69, 9.17) is 4.42 Å². The molecule has 0 radical (unpaired) electrons. The third kappa shape index (κ3) is 5.83. The molecule has 2 N–H and O–H groups in total. The fraction of sp³-hybridized carbons (Fsp3) is 0.182. The Balaban J connectivity index is 1.76. The van der Waals surface area contributed by atoms with Crippen LogP contribution in [0.4, 0.5) is 24.5 Å². The van der Waals surface area contributed by atoms with Crippen LogP contribution in [0.2, 0.25) is 0 Å². The van der Waals surface area contributed by atoms with Gasteiger partial charge in [-0.3, -0.25) is 9.59 Å². The monoisotopic (exact) mass is 495 g/mol. The molecule has 0 fully saturated rings. The van der Waals surface area contributed by atoms with Gasteiger partial charge in [0.05, 0.1) is 29.0 Å². The number of amides is 2. The molecule has 0 saturated heterocycles. The molecule has 3 aromatic rings. The normalized spacial score (nSPS) is 11.9. The second kappa shape index (κ2) is 9.69. The molecule has 12 heteroatoms. The molecule has 3 rings (SSSR count). The number of carbonyl (C=O) groups excluding carboxylic acids is 2. The Hall–Kier alpha value is -3.64. The van der Waals surface area contributed by atoms with E-state index in [0.29, 0.717) is 6.07 Å². The number of furan rings is 1. The molecule has 8 nitrogen and oxygen atoms in total. The van der Waals surface area contributed by atoms with Crippen LogP contribution in [0.3, 0.4) is 0 Å². The van der Waals surface area contributed by atoms with Crippen molar-refractivity contribution >= 4 is 33.2 Å². The minimum Gasteiger partial charge on any atom is -0.459 e. The van der Waals surface area contributed by atoms with E-state index >= 15 is 0 Å². The molecule has 0 bridgehead atoms. The lowest BCUT2D eigenvalue weighted by Crippen LogP contribution is -2.35. The summed E-state index contributed by atoms with van der Waals surface area (Å²) in [6.07, 6.45) is -3.63. The zero-order valence-corrected chi connectivity index (χ0v) is 18.8. The number of halogens is 3. The number of hydrogen-bond donors (Lipinski definition) is 2. The van der Waals surface area contributed by atoms with Crippen LogP contribution in [-0.2, 0) is 21.0 Å². The first-order valence-electron chi connectivity index (χ1n) is 9.77. The Kier molecular flexibility index (Phi) is 7.12. The summed E-state index contributed by atoms with van der Waals surface area (Å²) in [4.78, 5) is 24.4. The lowest BCUT2D eigenvalue weighted by molar-refractivity contribution is -0.136. The van der Waals surface area contributed by atoms with Gasteiger partial charge in [0.2, 0.25) is 15.9 Å². The highest BCUT2D eigenvalue weighted by molar-refractivity contribution is 7.89. The van der Waals surface area contributed by atoms with Gasteiger partial charge in [-0.2, -0.15) is 17.5 Å². The van der Waals surface area contributed by atoms with Crippen LogP contribution in [0.25, 0.3) is 0 Å². The van der Waals surface area contributed by atoms with Gasteiger partial charge in [-0.25, -0.2) is 8.42 Å². The number of aryl methyl sites for hydroxylation is 1. The second-order valence-corrected chi connectivity index (χ2v) is 9.36.